The molecule has 0 N–H and O–H groups in total. The average molecular weight is 252 g/mol. The van der Waals surface area contributed by atoms with Crippen LogP contribution in [0.2, 0.25) is 0 Å². The average Bonchev–Trinajstić information content (AvgIpc) is 2.21. The van der Waals surface area contributed by atoms with Crippen LogP contribution in [0, 0.1) is 0 Å². The first-order valence-corrected chi connectivity index (χ1v) is 4.86. The summed E-state index contributed by atoms with van der Waals surface area (Å²) in [7, 11) is 2.25. The van der Waals surface area contributed by atoms with Crippen LogP contribution in [0.3, 0.4) is 0 Å². The summed E-state index contributed by atoms with van der Waals surface area (Å²) >= 11 is 2.47. The summed E-state index contributed by atoms with van der Waals surface area (Å²) in [5.41, 5.74) is 0. The molecule has 2 fully saturated rings. The molecular weight excluding hydrogens is 239 g/mol. The molecule has 2 heterocycles. The predicted octanol–water partition coefficient (Wildman–Crippen LogP) is 1.11. The first kappa shape index (κ1) is 7.31. The maximum absolute atomic E-state index is 2.50. The molecule has 2 aliphatic rings. The van der Waals surface area contributed by atoms with Gasteiger partial charge < -0.3 is 4.90 Å². The number of hydrogen-bond acceptors (Lipinski definition) is 2. The number of piperidine rings is 1. The van der Waals surface area contributed by atoms with Crippen LogP contribution >= 0.6 is 22.9 Å². The van der Waals surface area contributed by atoms with Gasteiger partial charge in [0.2, 0.25) is 0 Å². The van der Waals surface area contributed by atoms with Gasteiger partial charge >= 0.3 is 0 Å². The first-order valence-electron chi connectivity index (χ1n) is 3.90. The van der Waals surface area contributed by atoms with Gasteiger partial charge in [0.25, 0.3) is 0 Å². The molecule has 0 aliphatic carbocycles. The molecule has 0 aromatic heterocycles. The normalized spacial score (nSPS) is 42.6. The third-order valence-corrected chi connectivity index (χ3v) is 3.95. The Bertz CT molecular complexity index is 138. The highest BCUT2D eigenvalue weighted by molar-refractivity contribution is 14.1. The molecule has 2 nitrogen and oxygen atoms in total. The van der Waals surface area contributed by atoms with E-state index < -0.39 is 0 Å². The Labute approximate surface area is 76.1 Å². The topological polar surface area (TPSA) is 6.48 Å². The molecular formula is C7H13IN2. The van der Waals surface area contributed by atoms with Gasteiger partial charge in [-0.3, -0.25) is 0 Å². The molecule has 10 heavy (non-hydrogen) atoms. The molecule has 0 saturated carbocycles. The summed E-state index contributed by atoms with van der Waals surface area (Å²) in [6.45, 7) is 2.58. The van der Waals surface area contributed by atoms with E-state index in [4.69, 9.17) is 0 Å². The van der Waals surface area contributed by atoms with Crippen molar-refractivity contribution >= 4 is 22.9 Å². The molecule has 2 saturated heterocycles. The fourth-order valence-corrected chi connectivity index (χ4v) is 2.93. The van der Waals surface area contributed by atoms with E-state index in [-0.39, 0.29) is 0 Å². The lowest BCUT2D eigenvalue weighted by molar-refractivity contribution is 0.217. The zero-order valence-corrected chi connectivity index (χ0v) is 8.41. The van der Waals surface area contributed by atoms with Gasteiger partial charge in [-0.1, -0.05) is 0 Å². The van der Waals surface area contributed by atoms with Gasteiger partial charge in [0.1, 0.15) is 0 Å². The predicted molar refractivity (Wildman–Crippen MR) is 50.2 cm³/mol. The number of hydrogen-bond donors (Lipinski definition) is 0. The number of halogens is 1. The molecule has 2 unspecified atom stereocenters. The van der Waals surface area contributed by atoms with Gasteiger partial charge in [0.15, 0.2) is 0 Å². The van der Waals surface area contributed by atoms with Gasteiger partial charge in [-0.15, -0.1) is 0 Å². The van der Waals surface area contributed by atoms with Gasteiger partial charge in [-0.05, 0) is 26.4 Å². The van der Waals surface area contributed by atoms with Crippen LogP contribution < -0.4 is 0 Å². The number of likely N-dealkylation sites (tertiary alicyclic amines) is 1. The summed E-state index contributed by atoms with van der Waals surface area (Å²) in [5.74, 6) is 0. The zero-order valence-electron chi connectivity index (χ0n) is 6.26. The van der Waals surface area contributed by atoms with Crippen molar-refractivity contribution in [2.24, 2.45) is 0 Å². The van der Waals surface area contributed by atoms with E-state index in [2.05, 4.69) is 37.9 Å². The minimum Gasteiger partial charge on any atom is -0.302 e. The van der Waals surface area contributed by atoms with E-state index in [1.807, 2.05) is 0 Å². The lowest BCUT2D eigenvalue weighted by Gasteiger charge is -2.28. The SMILES string of the molecule is CN1CCC2CC1CN2I. The van der Waals surface area contributed by atoms with Gasteiger partial charge in [0, 0.05) is 41.5 Å². The highest BCUT2D eigenvalue weighted by atomic mass is 127. The van der Waals surface area contributed by atoms with Crippen LogP contribution in [-0.2, 0) is 0 Å². The van der Waals surface area contributed by atoms with E-state index in [1.54, 1.807) is 0 Å². The second kappa shape index (κ2) is 2.60. The minimum atomic E-state index is 0.857. The second-order valence-electron chi connectivity index (χ2n) is 3.39. The molecule has 2 bridgehead atoms. The molecule has 2 rings (SSSR count). The Morgan fingerprint density at radius 1 is 1.40 bits per heavy atom. The largest absolute Gasteiger partial charge is 0.302 e. The monoisotopic (exact) mass is 252 g/mol. The van der Waals surface area contributed by atoms with Crippen LogP contribution in [0.4, 0.5) is 0 Å². The maximum Gasteiger partial charge on any atom is 0.0243 e. The van der Waals surface area contributed by atoms with E-state index in [1.165, 1.54) is 25.9 Å². The Hall–Kier alpha value is 0.650. The first-order chi connectivity index (χ1) is 4.77. The summed E-state index contributed by atoms with van der Waals surface area (Å²) in [4.78, 5) is 2.50. The summed E-state index contributed by atoms with van der Waals surface area (Å²) in [6, 6.07) is 1.75. The third kappa shape index (κ3) is 1.08. The van der Waals surface area contributed by atoms with Gasteiger partial charge in [0.05, 0.1) is 0 Å². The van der Waals surface area contributed by atoms with Crippen LogP contribution in [0.1, 0.15) is 12.8 Å². The molecule has 0 radical (unpaired) electrons. The summed E-state index contributed by atoms with van der Waals surface area (Å²) < 4.78 is 2.48. The van der Waals surface area contributed by atoms with Crippen LogP contribution in [0.5, 0.6) is 0 Å². The molecule has 0 aromatic rings. The fraction of sp³-hybridized carbons (Fsp3) is 1.00. The van der Waals surface area contributed by atoms with Crippen molar-refractivity contribution in [3.8, 4) is 0 Å². The van der Waals surface area contributed by atoms with Crippen LogP contribution in [0.15, 0.2) is 0 Å². The Morgan fingerprint density at radius 2 is 2.20 bits per heavy atom. The Morgan fingerprint density at radius 3 is 2.90 bits per heavy atom. The van der Waals surface area contributed by atoms with Crippen molar-refractivity contribution in [1.29, 1.82) is 0 Å². The highest BCUT2D eigenvalue weighted by Crippen LogP contribution is 2.30. The van der Waals surface area contributed by atoms with E-state index >= 15 is 0 Å². The van der Waals surface area contributed by atoms with Crippen LogP contribution in [-0.4, -0.2) is 40.2 Å². The van der Waals surface area contributed by atoms with Crippen molar-refractivity contribution in [2.75, 3.05) is 20.1 Å². The van der Waals surface area contributed by atoms with Crippen molar-refractivity contribution in [2.45, 2.75) is 24.9 Å². The lowest BCUT2D eigenvalue weighted by Crippen LogP contribution is -2.36. The van der Waals surface area contributed by atoms with Crippen molar-refractivity contribution in [1.82, 2.24) is 8.01 Å². The minimum absolute atomic E-state index is 0.857. The molecule has 0 amide bonds. The number of nitrogens with zero attached hydrogens (tertiary/aromatic N) is 2. The smallest absolute Gasteiger partial charge is 0.0243 e. The van der Waals surface area contributed by atoms with E-state index in [0.29, 0.717) is 0 Å². The molecule has 2 atom stereocenters. The van der Waals surface area contributed by atoms with Gasteiger partial charge in [-0.25, -0.2) is 3.11 Å². The molecule has 58 valence electrons. The van der Waals surface area contributed by atoms with E-state index in [0.717, 1.165) is 12.1 Å². The van der Waals surface area contributed by atoms with Crippen molar-refractivity contribution < 1.29 is 0 Å². The van der Waals surface area contributed by atoms with Crippen molar-refractivity contribution in [3.05, 3.63) is 0 Å². The molecule has 2 aliphatic heterocycles. The lowest BCUT2D eigenvalue weighted by atomic mass is 10.0. The summed E-state index contributed by atoms with van der Waals surface area (Å²) in [5, 5.41) is 0. The van der Waals surface area contributed by atoms with E-state index in [9.17, 15) is 0 Å². The number of fused-ring (bicyclic) bond motifs is 2. The summed E-state index contributed by atoms with van der Waals surface area (Å²) in [6.07, 6.45) is 2.77. The quantitative estimate of drug-likeness (QED) is 0.471. The Balaban J connectivity index is 2.08. The standard InChI is InChI=1S/C7H13IN2/c1-9-3-2-6-4-7(9)5-10(6)8/h6-7H,2-5H2,1H3. The van der Waals surface area contributed by atoms with Gasteiger partial charge in [-0.2, -0.15) is 0 Å². The highest BCUT2D eigenvalue weighted by Gasteiger charge is 2.36. The molecule has 0 spiro atoms. The van der Waals surface area contributed by atoms with Crippen molar-refractivity contribution in [3.63, 3.8) is 0 Å². The number of likely N-dealkylation sites (N-methyl/N-ethyl adjacent to an activating group) is 1. The molecule has 0 aromatic carbocycles. The second-order valence-corrected chi connectivity index (χ2v) is 4.63. The zero-order chi connectivity index (χ0) is 7.14. The third-order valence-electron chi connectivity index (χ3n) is 2.76. The fourth-order valence-electron chi connectivity index (χ4n) is 1.97. The molecule has 3 heteroatoms. The number of rotatable bonds is 0. The maximum atomic E-state index is 2.50. The Kier molecular flexibility index (Phi) is 1.90. The van der Waals surface area contributed by atoms with Crippen LogP contribution in [0.25, 0.3) is 0 Å².